The molecule has 1 amide bonds. The molecule has 1 saturated carbocycles. The molecule has 0 heterocycles. The van der Waals surface area contributed by atoms with E-state index in [-0.39, 0.29) is 11.7 Å². The van der Waals surface area contributed by atoms with Crippen molar-refractivity contribution in [2.24, 2.45) is 5.41 Å². The Morgan fingerprint density at radius 1 is 1.39 bits per heavy atom. The Labute approximate surface area is 116 Å². The van der Waals surface area contributed by atoms with Crippen LogP contribution in [-0.2, 0) is 11.3 Å². The second kappa shape index (κ2) is 4.39. The molecule has 0 N–H and O–H groups in total. The van der Waals surface area contributed by atoms with Crippen LogP contribution in [0.1, 0.15) is 18.9 Å². The number of hydrogen-bond acceptors (Lipinski definition) is 1. The van der Waals surface area contributed by atoms with Gasteiger partial charge >= 0.3 is 0 Å². The molecule has 0 spiro atoms. The summed E-state index contributed by atoms with van der Waals surface area (Å²) in [7, 11) is 1.69. The lowest BCUT2D eigenvalue weighted by Crippen LogP contribution is -2.34. The van der Waals surface area contributed by atoms with Crippen molar-refractivity contribution in [1.82, 2.24) is 4.90 Å². The summed E-state index contributed by atoms with van der Waals surface area (Å²) in [4.78, 5) is 13.8. The van der Waals surface area contributed by atoms with Crippen molar-refractivity contribution < 1.29 is 9.18 Å². The standard InChI is InChI=1S/C13H14Cl2FNO/c1-12(8-13(12,14)15)11(18)17(2)7-9-3-5-10(16)6-4-9/h3-6H,7-8H2,1-2H3. The minimum absolute atomic E-state index is 0.0863. The van der Waals surface area contributed by atoms with Crippen LogP contribution in [0.4, 0.5) is 4.39 Å². The third kappa shape index (κ3) is 2.34. The Bertz CT molecular complexity index is 474. The van der Waals surface area contributed by atoms with Gasteiger partial charge in [-0.1, -0.05) is 12.1 Å². The molecule has 18 heavy (non-hydrogen) atoms. The van der Waals surface area contributed by atoms with Crippen molar-refractivity contribution in [3.63, 3.8) is 0 Å². The van der Waals surface area contributed by atoms with Gasteiger partial charge in [0.15, 0.2) is 0 Å². The summed E-state index contributed by atoms with van der Waals surface area (Å²) >= 11 is 12.0. The van der Waals surface area contributed by atoms with Crippen LogP contribution in [0.5, 0.6) is 0 Å². The summed E-state index contributed by atoms with van der Waals surface area (Å²) in [5.74, 6) is -0.376. The van der Waals surface area contributed by atoms with Gasteiger partial charge in [-0.25, -0.2) is 4.39 Å². The highest BCUT2D eigenvalue weighted by Crippen LogP contribution is 2.64. The molecule has 5 heteroatoms. The smallest absolute Gasteiger partial charge is 0.231 e. The second-order valence-electron chi connectivity index (χ2n) is 5.00. The maximum Gasteiger partial charge on any atom is 0.231 e. The summed E-state index contributed by atoms with van der Waals surface area (Å²) < 4.78 is 11.8. The monoisotopic (exact) mass is 289 g/mol. The number of nitrogens with zero attached hydrogens (tertiary/aromatic N) is 1. The number of rotatable bonds is 3. The topological polar surface area (TPSA) is 20.3 Å². The van der Waals surface area contributed by atoms with E-state index in [0.717, 1.165) is 5.56 Å². The van der Waals surface area contributed by atoms with Crippen molar-refractivity contribution in [3.8, 4) is 0 Å². The van der Waals surface area contributed by atoms with E-state index < -0.39 is 9.75 Å². The SMILES string of the molecule is CN(Cc1ccc(F)cc1)C(=O)C1(C)CC1(Cl)Cl. The fourth-order valence-corrected chi connectivity index (χ4v) is 2.68. The highest BCUT2D eigenvalue weighted by atomic mass is 35.5. The molecule has 0 bridgehead atoms. The van der Waals surface area contributed by atoms with Gasteiger partial charge in [-0.05, 0) is 31.0 Å². The summed E-state index contributed by atoms with van der Waals surface area (Å²) in [6.07, 6.45) is 0.468. The Morgan fingerprint density at radius 2 is 1.89 bits per heavy atom. The van der Waals surface area contributed by atoms with E-state index >= 15 is 0 Å². The van der Waals surface area contributed by atoms with Gasteiger partial charge in [0.1, 0.15) is 10.2 Å². The van der Waals surface area contributed by atoms with Crippen LogP contribution in [0.2, 0.25) is 0 Å². The highest BCUT2D eigenvalue weighted by Gasteiger charge is 2.68. The lowest BCUT2D eigenvalue weighted by Gasteiger charge is -2.22. The first kappa shape index (κ1) is 13.6. The Balaban J connectivity index is 2.03. The zero-order valence-electron chi connectivity index (χ0n) is 10.2. The maximum atomic E-state index is 12.8. The lowest BCUT2D eigenvalue weighted by atomic mass is 10.1. The number of hydrogen-bond donors (Lipinski definition) is 0. The molecule has 1 atom stereocenters. The molecular formula is C13H14Cl2FNO. The maximum absolute atomic E-state index is 12.8. The van der Waals surface area contributed by atoms with E-state index in [1.165, 1.54) is 12.1 Å². The largest absolute Gasteiger partial charge is 0.341 e. The molecule has 0 radical (unpaired) electrons. The average Bonchev–Trinajstić information content (AvgIpc) is 2.81. The Hall–Kier alpha value is -0.800. The third-order valence-corrected chi connectivity index (χ3v) is 4.51. The molecule has 2 nitrogen and oxygen atoms in total. The van der Waals surface area contributed by atoms with Crippen LogP contribution in [0.3, 0.4) is 0 Å². The quantitative estimate of drug-likeness (QED) is 0.782. The molecule has 1 unspecified atom stereocenters. The lowest BCUT2D eigenvalue weighted by molar-refractivity contribution is -0.135. The molecule has 1 fully saturated rings. The van der Waals surface area contributed by atoms with Crippen LogP contribution in [0.15, 0.2) is 24.3 Å². The number of benzene rings is 1. The van der Waals surface area contributed by atoms with Gasteiger partial charge in [-0.2, -0.15) is 0 Å². The summed E-state index contributed by atoms with van der Waals surface area (Å²) in [5, 5.41) is 0. The predicted molar refractivity (Wildman–Crippen MR) is 70.0 cm³/mol. The fraction of sp³-hybridized carbons (Fsp3) is 0.462. The molecule has 0 aliphatic heterocycles. The average molecular weight is 290 g/mol. The van der Waals surface area contributed by atoms with Crippen molar-refractivity contribution in [1.29, 1.82) is 0 Å². The number of amides is 1. The Kier molecular flexibility index (Phi) is 3.32. The van der Waals surface area contributed by atoms with Crippen LogP contribution in [-0.4, -0.2) is 22.2 Å². The molecule has 1 aliphatic rings. The van der Waals surface area contributed by atoms with Crippen LogP contribution in [0, 0.1) is 11.2 Å². The zero-order valence-corrected chi connectivity index (χ0v) is 11.7. The van der Waals surface area contributed by atoms with Gasteiger partial charge in [0.25, 0.3) is 0 Å². The minimum Gasteiger partial charge on any atom is -0.341 e. The number of carbonyl (C=O) groups is 1. The van der Waals surface area contributed by atoms with Gasteiger partial charge in [-0.15, -0.1) is 23.2 Å². The van der Waals surface area contributed by atoms with Crippen LogP contribution < -0.4 is 0 Å². The van der Waals surface area contributed by atoms with E-state index in [1.54, 1.807) is 31.0 Å². The fourth-order valence-electron chi connectivity index (χ4n) is 1.99. The van der Waals surface area contributed by atoms with Crippen molar-refractivity contribution in [2.45, 2.75) is 24.2 Å². The van der Waals surface area contributed by atoms with Gasteiger partial charge in [0.2, 0.25) is 5.91 Å². The first-order valence-electron chi connectivity index (χ1n) is 5.64. The second-order valence-corrected chi connectivity index (χ2v) is 6.48. The molecule has 1 aromatic carbocycles. The van der Waals surface area contributed by atoms with Crippen LogP contribution in [0.25, 0.3) is 0 Å². The molecule has 1 aromatic rings. The third-order valence-electron chi connectivity index (χ3n) is 3.41. The molecule has 98 valence electrons. The highest BCUT2D eigenvalue weighted by molar-refractivity contribution is 6.53. The van der Waals surface area contributed by atoms with Gasteiger partial charge in [0, 0.05) is 13.6 Å². The molecule has 0 saturated heterocycles. The minimum atomic E-state index is -0.957. The van der Waals surface area contributed by atoms with E-state index in [1.807, 2.05) is 0 Å². The first-order valence-corrected chi connectivity index (χ1v) is 6.40. The van der Waals surface area contributed by atoms with E-state index in [2.05, 4.69) is 0 Å². The van der Waals surface area contributed by atoms with E-state index in [0.29, 0.717) is 13.0 Å². The van der Waals surface area contributed by atoms with Crippen molar-refractivity contribution in [2.75, 3.05) is 7.05 Å². The van der Waals surface area contributed by atoms with Crippen molar-refractivity contribution >= 4 is 29.1 Å². The van der Waals surface area contributed by atoms with Gasteiger partial charge in [0.05, 0.1) is 5.41 Å². The van der Waals surface area contributed by atoms with Crippen molar-refractivity contribution in [3.05, 3.63) is 35.6 Å². The zero-order chi connectivity index (χ0) is 13.6. The van der Waals surface area contributed by atoms with E-state index in [9.17, 15) is 9.18 Å². The predicted octanol–water partition coefficient (Wildman–Crippen LogP) is 3.37. The molecular weight excluding hydrogens is 276 g/mol. The number of halogens is 3. The normalized spacial score (nSPS) is 24.7. The molecule has 1 aliphatic carbocycles. The number of alkyl halides is 2. The first-order chi connectivity index (χ1) is 8.26. The summed E-state index contributed by atoms with van der Waals surface area (Å²) in [6.45, 7) is 2.18. The molecule has 0 aromatic heterocycles. The summed E-state index contributed by atoms with van der Waals surface area (Å²) in [6, 6.07) is 6.06. The van der Waals surface area contributed by atoms with Gasteiger partial charge in [-0.3, -0.25) is 4.79 Å². The Morgan fingerprint density at radius 3 is 2.33 bits per heavy atom. The molecule has 2 rings (SSSR count). The van der Waals surface area contributed by atoms with Crippen LogP contribution >= 0.6 is 23.2 Å². The summed E-state index contributed by atoms with van der Waals surface area (Å²) in [5.41, 5.74) is 0.163. The number of carbonyl (C=O) groups excluding carboxylic acids is 1. The van der Waals surface area contributed by atoms with E-state index in [4.69, 9.17) is 23.2 Å². The van der Waals surface area contributed by atoms with Gasteiger partial charge < -0.3 is 4.90 Å².